The maximum Gasteiger partial charge on any atom is 0.491 e. The maximum atomic E-state index is 12.8. The Balaban J connectivity index is 3.35. The van der Waals surface area contributed by atoms with Crippen LogP contribution in [0.1, 0.15) is 5.56 Å². The molecule has 1 aromatic carbocycles. The van der Waals surface area contributed by atoms with Crippen molar-refractivity contribution in [3.63, 3.8) is 0 Å². The van der Waals surface area contributed by atoms with E-state index in [2.05, 4.69) is 0 Å². The molecule has 0 fully saturated rings. The Labute approximate surface area is 73.0 Å². The summed E-state index contributed by atoms with van der Waals surface area (Å²) in [6, 6.07) is 3.12. The fourth-order valence-corrected chi connectivity index (χ4v) is 0.863. The van der Waals surface area contributed by atoms with Crippen LogP contribution in [0.3, 0.4) is 0 Å². The van der Waals surface area contributed by atoms with Crippen molar-refractivity contribution in [2.75, 3.05) is 0 Å². The van der Waals surface area contributed by atoms with E-state index in [1.54, 1.807) is 6.07 Å². The molecule has 1 rings (SSSR count). The molecule has 0 bridgehead atoms. The summed E-state index contributed by atoms with van der Waals surface area (Å²) in [4.78, 5) is 0. The van der Waals surface area contributed by atoms with Gasteiger partial charge in [-0.15, -0.1) is 0 Å². The summed E-state index contributed by atoms with van der Waals surface area (Å²) in [5.74, 6) is -2.63. The van der Waals surface area contributed by atoms with Crippen molar-refractivity contribution in [2.24, 2.45) is 0 Å². The van der Waals surface area contributed by atoms with Crippen molar-refractivity contribution in [3.05, 3.63) is 29.3 Å². The predicted molar refractivity (Wildman–Crippen MR) is 40.9 cm³/mol. The highest BCUT2D eigenvalue weighted by atomic mass is 19.2. The van der Waals surface area contributed by atoms with Crippen LogP contribution in [-0.2, 0) is 0 Å². The van der Waals surface area contributed by atoms with Gasteiger partial charge in [-0.2, -0.15) is 5.26 Å². The summed E-state index contributed by atoms with van der Waals surface area (Å²) >= 11 is 0. The fraction of sp³-hybridized carbons (Fsp3) is 0. The molecule has 0 aliphatic heterocycles. The highest BCUT2D eigenvalue weighted by molar-refractivity contribution is 6.58. The molecule has 0 heterocycles. The van der Waals surface area contributed by atoms with Crippen molar-refractivity contribution in [2.45, 2.75) is 0 Å². The lowest BCUT2D eigenvalue weighted by molar-refractivity contribution is 0.420. The molecule has 1 aromatic rings. The molecule has 0 aromatic heterocycles. The molecule has 3 nitrogen and oxygen atoms in total. The van der Waals surface area contributed by atoms with Crippen molar-refractivity contribution in [1.29, 1.82) is 5.26 Å². The van der Waals surface area contributed by atoms with Crippen molar-refractivity contribution in [1.82, 2.24) is 0 Å². The average Bonchev–Trinajstić information content (AvgIpc) is 2.09. The van der Waals surface area contributed by atoms with E-state index in [0.29, 0.717) is 6.07 Å². The number of benzene rings is 1. The van der Waals surface area contributed by atoms with E-state index in [9.17, 15) is 8.78 Å². The van der Waals surface area contributed by atoms with E-state index < -0.39 is 24.2 Å². The molecular formula is C7H4BF2NO2. The van der Waals surface area contributed by atoms with Gasteiger partial charge in [-0.3, -0.25) is 0 Å². The summed E-state index contributed by atoms with van der Waals surface area (Å²) in [5.41, 5.74) is -0.807. The molecule has 0 aliphatic rings. The van der Waals surface area contributed by atoms with Crippen molar-refractivity contribution in [3.8, 4) is 6.07 Å². The van der Waals surface area contributed by atoms with Gasteiger partial charge in [0.05, 0.1) is 11.6 Å². The Morgan fingerprint density at radius 3 is 2.38 bits per heavy atom. The normalized spacial score (nSPS) is 9.46. The van der Waals surface area contributed by atoms with Gasteiger partial charge in [0.15, 0.2) is 11.6 Å². The number of hydrogen-bond acceptors (Lipinski definition) is 3. The summed E-state index contributed by atoms with van der Waals surface area (Å²) in [6.07, 6.45) is 0. The zero-order valence-corrected chi connectivity index (χ0v) is 6.33. The lowest BCUT2D eigenvalue weighted by Crippen LogP contribution is -2.33. The summed E-state index contributed by atoms with van der Waals surface area (Å²) in [5, 5.41) is 25.5. The van der Waals surface area contributed by atoms with Crippen molar-refractivity contribution >= 4 is 12.6 Å². The highest BCUT2D eigenvalue weighted by Gasteiger charge is 2.20. The second-order valence-corrected chi connectivity index (χ2v) is 2.35. The number of nitrogens with zero attached hydrogens (tertiary/aromatic N) is 1. The second kappa shape index (κ2) is 3.52. The first-order chi connectivity index (χ1) is 6.06. The topological polar surface area (TPSA) is 64.2 Å². The fourth-order valence-electron chi connectivity index (χ4n) is 0.863. The zero-order chi connectivity index (χ0) is 10.0. The molecule has 0 saturated carbocycles. The lowest BCUT2D eigenvalue weighted by Gasteiger charge is -2.02. The van der Waals surface area contributed by atoms with Gasteiger partial charge in [-0.25, -0.2) is 8.78 Å². The molecule has 66 valence electrons. The number of hydrogen-bond donors (Lipinski definition) is 2. The van der Waals surface area contributed by atoms with Gasteiger partial charge in [0.25, 0.3) is 0 Å². The minimum atomic E-state index is -2.12. The monoisotopic (exact) mass is 183 g/mol. The third-order valence-electron chi connectivity index (χ3n) is 1.46. The van der Waals surface area contributed by atoms with Crippen LogP contribution in [0.2, 0.25) is 0 Å². The minimum Gasteiger partial charge on any atom is -0.423 e. The van der Waals surface area contributed by atoms with Crippen LogP contribution in [0.4, 0.5) is 8.78 Å². The molecule has 0 spiro atoms. The quantitative estimate of drug-likeness (QED) is 0.577. The molecular weight excluding hydrogens is 179 g/mol. The molecule has 0 amide bonds. The Morgan fingerprint density at radius 1 is 1.31 bits per heavy atom. The standard InChI is InChI=1S/C7H4BF2NO2/c9-6-2-4(3-11)1-5(7(6)10)8(12)13/h1-2,12-13H. The van der Waals surface area contributed by atoms with Crippen LogP contribution in [-0.4, -0.2) is 17.2 Å². The third-order valence-corrected chi connectivity index (χ3v) is 1.46. The molecule has 0 radical (unpaired) electrons. The largest absolute Gasteiger partial charge is 0.491 e. The molecule has 6 heteroatoms. The minimum absolute atomic E-state index is 0.165. The first-order valence-electron chi connectivity index (χ1n) is 3.31. The first kappa shape index (κ1) is 9.64. The molecule has 0 aliphatic carbocycles. The Bertz CT molecular complexity index is 375. The van der Waals surface area contributed by atoms with Crippen LogP contribution in [0.5, 0.6) is 0 Å². The van der Waals surface area contributed by atoms with Gasteiger partial charge in [-0.1, -0.05) is 0 Å². The van der Waals surface area contributed by atoms with E-state index in [0.717, 1.165) is 6.07 Å². The van der Waals surface area contributed by atoms with E-state index in [-0.39, 0.29) is 5.56 Å². The number of rotatable bonds is 1. The van der Waals surface area contributed by atoms with Gasteiger partial charge in [0.1, 0.15) is 0 Å². The van der Waals surface area contributed by atoms with E-state index >= 15 is 0 Å². The van der Waals surface area contributed by atoms with Crippen LogP contribution < -0.4 is 5.46 Å². The molecule has 0 atom stereocenters. The average molecular weight is 183 g/mol. The molecule has 0 unspecified atom stereocenters. The second-order valence-electron chi connectivity index (χ2n) is 2.35. The van der Waals surface area contributed by atoms with Crippen LogP contribution in [0, 0.1) is 23.0 Å². The molecule has 13 heavy (non-hydrogen) atoms. The van der Waals surface area contributed by atoms with Gasteiger partial charge in [0, 0.05) is 5.46 Å². The SMILES string of the molecule is N#Cc1cc(F)c(F)c(B(O)O)c1. The Hall–Kier alpha value is -1.45. The van der Waals surface area contributed by atoms with Crippen molar-refractivity contribution < 1.29 is 18.8 Å². The number of halogens is 2. The smallest absolute Gasteiger partial charge is 0.423 e. The van der Waals surface area contributed by atoms with Gasteiger partial charge >= 0.3 is 7.12 Å². The van der Waals surface area contributed by atoms with E-state index in [4.69, 9.17) is 15.3 Å². The Kier molecular flexibility index (Phi) is 2.61. The van der Waals surface area contributed by atoms with Gasteiger partial charge < -0.3 is 10.0 Å². The highest BCUT2D eigenvalue weighted by Crippen LogP contribution is 2.06. The van der Waals surface area contributed by atoms with Crippen LogP contribution in [0.25, 0.3) is 0 Å². The summed E-state index contributed by atoms with van der Waals surface area (Å²) in [6.45, 7) is 0. The maximum absolute atomic E-state index is 12.8. The lowest BCUT2D eigenvalue weighted by atomic mass is 9.79. The van der Waals surface area contributed by atoms with Gasteiger partial charge in [0.2, 0.25) is 0 Å². The summed E-state index contributed by atoms with van der Waals surface area (Å²) in [7, 11) is -2.12. The zero-order valence-electron chi connectivity index (χ0n) is 6.33. The van der Waals surface area contributed by atoms with E-state index in [1.165, 1.54) is 0 Å². The predicted octanol–water partition coefficient (Wildman–Crippen LogP) is -0.484. The van der Waals surface area contributed by atoms with Crippen LogP contribution >= 0.6 is 0 Å². The molecule has 0 saturated heterocycles. The summed E-state index contributed by atoms with van der Waals surface area (Å²) < 4.78 is 25.4. The molecule has 2 N–H and O–H groups in total. The van der Waals surface area contributed by atoms with Gasteiger partial charge in [-0.05, 0) is 12.1 Å². The number of nitriles is 1. The van der Waals surface area contributed by atoms with Crippen LogP contribution in [0.15, 0.2) is 12.1 Å². The van der Waals surface area contributed by atoms with E-state index in [1.807, 2.05) is 0 Å². The Morgan fingerprint density at radius 2 is 1.92 bits per heavy atom. The first-order valence-corrected chi connectivity index (χ1v) is 3.31. The third kappa shape index (κ3) is 1.83.